The lowest BCUT2D eigenvalue weighted by Gasteiger charge is -2.00. The van der Waals surface area contributed by atoms with Crippen molar-refractivity contribution in [3.05, 3.63) is 24.8 Å². The Bertz CT molecular complexity index is 101. The molecule has 0 heteroatoms. The van der Waals surface area contributed by atoms with Gasteiger partial charge in [0.05, 0.1) is 0 Å². The van der Waals surface area contributed by atoms with Crippen molar-refractivity contribution in [2.24, 2.45) is 5.92 Å². The highest BCUT2D eigenvalue weighted by Gasteiger charge is 1.91. The van der Waals surface area contributed by atoms with Crippen molar-refractivity contribution in [3.8, 4) is 0 Å². The van der Waals surface area contributed by atoms with Crippen molar-refractivity contribution in [1.82, 2.24) is 0 Å². The molecule has 10 heavy (non-hydrogen) atoms. The van der Waals surface area contributed by atoms with Crippen molar-refractivity contribution in [2.45, 2.75) is 33.1 Å². The van der Waals surface area contributed by atoms with Gasteiger partial charge in [0, 0.05) is 0 Å². The van der Waals surface area contributed by atoms with Crippen LogP contribution in [-0.2, 0) is 0 Å². The van der Waals surface area contributed by atoms with Gasteiger partial charge in [0.2, 0.25) is 0 Å². The van der Waals surface area contributed by atoms with Gasteiger partial charge >= 0.3 is 0 Å². The smallest absolute Gasteiger partial charge is 0.0262 e. The molecule has 0 aromatic rings. The number of hydrogen-bond acceptors (Lipinski definition) is 0. The Morgan fingerprint density at radius 2 is 2.10 bits per heavy atom. The van der Waals surface area contributed by atoms with Gasteiger partial charge in [-0.25, -0.2) is 0 Å². The van der Waals surface area contributed by atoms with Crippen molar-refractivity contribution < 1.29 is 0 Å². The van der Waals surface area contributed by atoms with E-state index in [-0.39, 0.29) is 0 Å². The summed E-state index contributed by atoms with van der Waals surface area (Å²) in [5.41, 5.74) is 0. The summed E-state index contributed by atoms with van der Waals surface area (Å²) >= 11 is 0. The standard InChI is InChI=1S/C10H18/c1-4-6-7-8-9-10(3)5-2/h5-7,10H,2,4,8-9H2,1,3H3. The van der Waals surface area contributed by atoms with Crippen LogP contribution in [-0.4, -0.2) is 0 Å². The molecule has 0 amide bonds. The van der Waals surface area contributed by atoms with E-state index in [4.69, 9.17) is 0 Å². The lowest BCUT2D eigenvalue weighted by atomic mass is 10.1. The van der Waals surface area contributed by atoms with Gasteiger partial charge in [-0.05, 0) is 25.2 Å². The Morgan fingerprint density at radius 3 is 2.60 bits per heavy atom. The van der Waals surface area contributed by atoms with Crippen molar-refractivity contribution in [3.63, 3.8) is 0 Å². The summed E-state index contributed by atoms with van der Waals surface area (Å²) in [6, 6.07) is 0. The van der Waals surface area contributed by atoms with Crippen LogP contribution in [0.5, 0.6) is 0 Å². The summed E-state index contributed by atoms with van der Waals surface area (Å²) in [6.07, 6.45) is 10.1. The fraction of sp³-hybridized carbons (Fsp3) is 0.600. The van der Waals surface area contributed by atoms with Crippen LogP contribution < -0.4 is 0 Å². The lowest BCUT2D eigenvalue weighted by molar-refractivity contribution is 0.658. The molecule has 0 saturated heterocycles. The normalized spacial score (nSPS) is 13.8. The van der Waals surface area contributed by atoms with Crippen LogP contribution in [0.3, 0.4) is 0 Å². The topological polar surface area (TPSA) is 0 Å². The Kier molecular flexibility index (Phi) is 6.25. The first-order valence-corrected chi connectivity index (χ1v) is 4.08. The molecule has 0 aromatic carbocycles. The first-order chi connectivity index (χ1) is 4.81. The Morgan fingerprint density at radius 1 is 1.40 bits per heavy atom. The molecule has 0 spiro atoms. The molecule has 1 atom stereocenters. The molecule has 58 valence electrons. The van der Waals surface area contributed by atoms with Crippen molar-refractivity contribution >= 4 is 0 Å². The maximum Gasteiger partial charge on any atom is -0.0262 e. The van der Waals surface area contributed by atoms with E-state index < -0.39 is 0 Å². The predicted molar refractivity (Wildman–Crippen MR) is 48.0 cm³/mol. The molecule has 0 aliphatic rings. The van der Waals surface area contributed by atoms with Gasteiger partial charge in [-0.1, -0.05) is 32.1 Å². The fourth-order valence-electron chi connectivity index (χ4n) is 0.761. The summed E-state index contributed by atoms with van der Waals surface area (Å²) in [4.78, 5) is 0. The third-order valence-corrected chi connectivity index (χ3v) is 1.59. The quantitative estimate of drug-likeness (QED) is 0.510. The van der Waals surface area contributed by atoms with E-state index in [1.807, 2.05) is 6.08 Å². The highest BCUT2D eigenvalue weighted by atomic mass is 14.0. The van der Waals surface area contributed by atoms with Crippen LogP contribution >= 0.6 is 0 Å². The molecule has 0 aromatic heterocycles. The maximum atomic E-state index is 3.74. The van der Waals surface area contributed by atoms with Gasteiger partial charge in [-0.2, -0.15) is 0 Å². The van der Waals surface area contributed by atoms with Gasteiger partial charge in [0.15, 0.2) is 0 Å². The first kappa shape index (κ1) is 9.48. The molecule has 0 radical (unpaired) electrons. The van der Waals surface area contributed by atoms with Gasteiger partial charge in [0.1, 0.15) is 0 Å². The highest BCUT2D eigenvalue weighted by molar-refractivity contribution is 4.83. The van der Waals surface area contributed by atoms with E-state index in [0.29, 0.717) is 5.92 Å². The zero-order valence-electron chi connectivity index (χ0n) is 7.14. The summed E-state index contributed by atoms with van der Waals surface area (Å²) in [5.74, 6) is 0.668. The molecule has 0 N–H and O–H groups in total. The molecule has 0 aliphatic heterocycles. The van der Waals surface area contributed by atoms with E-state index in [1.165, 1.54) is 12.8 Å². The zero-order chi connectivity index (χ0) is 7.82. The maximum absolute atomic E-state index is 3.74. The van der Waals surface area contributed by atoms with E-state index in [1.54, 1.807) is 0 Å². The Labute approximate surface area is 64.6 Å². The van der Waals surface area contributed by atoms with Crippen LogP contribution in [0.15, 0.2) is 24.8 Å². The summed E-state index contributed by atoms with van der Waals surface area (Å²) in [7, 11) is 0. The van der Waals surface area contributed by atoms with Gasteiger partial charge in [-0.15, -0.1) is 6.58 Å². The minimum atomic E-state index is 0.668. The van der Waals surface area contributed by atoms with Crippen LogP contribution in [0.2, 0.25) is 0 Å². The average Bonchev–Trinajstić information content (AvgIpc) is 1.98. The predicted octanol–water partition coefficient (Wildman–Crippen LogP) is 3.55. The molecule has 0 fully saturated rings. The molecule has 0 aliphatic carbocycles. The van der Waals surface area contributed by atoms with E-state index >= 15 is 0 Å². The fourth-order valence-corrected chi connectivity index (χ4v) is 0.761. The number of rotatable bonds is 5. The molecule has 0 nitrogen and oxygen atoms in total. The monoisotopic (exact) mass is 138 g/mol. The minimum absolute atomic E-state index is 0.668. The van der Waals surface area contributed by atoms with Gasteiger partial charge in [-0.3, -0.25) is 0 Å². The summed E-state index contributed by atoms with van der Waals surface area (Å²) in [5, 5.41) is 0. The third-order valence-electron chi connectivity index (χ3n) is 1.59. The summed E-state index contributed by atoms with van der Waals surface area (Å²) < 4.78 is 0. The minimum Gasteiger partial charge on any atom is -0.103 e. The molecular formula is C10H18. The molecule has 0 saturated carbocycles. The van der Waals surface area contributed by atoms with E-state index in [9.17, 15) is 0 Å². The van der Waals surface area contributed by atoms with Gasteiger partial charge < -0.3 is 0 Å². The second kappa shape index (κ2) is 6.60. The Hall–Kier alpha value is -0.520. The summed E-state index contributed by atoms with van der Waals surface area (Å²) in [6.45, 7) is 8.10. The molecular weight excluding hydrogens is 120 g/mol. The first-order valence-electron chi connectivity index (χ1n) is 4.08. The van der Waals surface area contributed by atoms with Gasteiger partial charge in [0.25, 0.3) is 0 Å². The zero-order valence-corrected chi connectivity index (χ0v) is 7.14. The van der Waals surface area contributed by atoms with E-state index in [0.717, 1.165) is 6.42 Å². The van der Waals surface area contributed by atoms with Crippen LogP contribution in [0.1, 0.15) is 33.1 Å². The second-order valence-corrected chi connectivity index (χ2v) is 2.67. The van der Waals surface area contributed by atoms with Crippen LogP contribution in [0.25, 0.3) is 0 Å². The van der Waals surface area contributed by atoms with E-state index in [2.05, 4.69) is 32.6 Å². The molecule has 0 rings (SSSR count). The van der Waals surface area contributed by atoms with Crippen LogP contribution in [0.4, 0.5) is 0 Å². The molecule has 0 bridgehead atoms. The van der Waals surface area contributed by atoms with Crippen LogP contribution in [0, 0.1) is 5.92 Å². The van der Waals surface area contributed by atoms with Crippen molar-refractivity contribution in [1.29, 1.82) is 0 Å². The third kappa shape index (κ3) is 5.61. The highest BCUT2D eigenvalue weighted by Crippen LogP contribution is 2.06. The molecule has 0 heterocycles. The second-order valence-electron chi connectivity index (χ2n) is 2.67. The SMILES string of the molecule is C=CC(C)CCC=CCC. The van der Waals surface area contributed by atoms with Crippen molar-refractivity contribution in [2.75, 3.05) is 0 Å². The average molecular weight is 138 g/mol. The molecule has 1 unspecified atom stereocenters. The largest absolute Gasteiger partial charge is 0.103 e. The Balaban J connectivity index is 3.18. The lowest BCUT2D eigenvalue weighted by Crippen LogP contribution is -1.85. The number of hydrogen-bond donors (Lipinski definition) is 0. The number of allylic oxidation sites excluding steroid dienone is 3.